The van der Waals surface area contributed by atoms with Crippen LogP contribution in [0.5, 0.6) is 0 Å². The Morgan fingerprint density at radius 2 is 1.71 bits per heavy atom. The summed E-state index contributed by atoms with van der Waals surface area (Å²) in [5.41, 5.74) is -0.744. The minimum absolute atomic E-state index is 0.147. The van der Waals surface area contributed by atoms with Crippen molar-refractivity contribution in [1.29, 1.82) is 0 Å². The van der Waals surface area contributed by atoms with Gasteiger partial charge in [-0.1, -0.05) is 38.1 Å². The molecule has 28 heavy (non-hydrogen) atoms. The van der Waals surface area contributed by atoms with E-state index in [4.69, 9.17) is 0 Å². The first kappa shape index (κ1) is 21.4. The van der Waals surface area contributed by atoms with Crippen molar-refractivity contribution in [1.82, 2.24) is 0 Å². The predicted molar refractivity (Wildman–Crippen MR) is 100 cm³/mol. The summed E-state index contributed by atoms with van der Waals surface area (Å²) in [4.78, 5) is 22.1. The van der Waals surface area contributed by atoms with Crippen LogP contribution in [0, 0.1) is 16.0 Å². The summed E-state index contributed by atoms with van der Waals surface area (Å²) < 4.78 is 39.2. The number of nitro groups is 1. The van der Waals surface area contributed by atoms with Gasteiger partial charge in [-0.2, -0.15) is 13.2 Å². The van der Waals surface area contributed by atoms with E-state index in [1.807, 2.05) is 24.3 Å². The average Bonchev–Trinajstić information content (AvgIpc) is 2.60. The van der Waals surface area contributed by atoms with E-state index >= 15 is 0 Å². The topological polar surface area (TPSA) is 72.2 Å². The minimum Gasteiger partial charge on any atom is -0.326 e. The normalized spacial score (nSPS) is 12.7. The second-order valence-electron chi connectivity index (χ2n) is 7.04. The molecule has 1 amide bonds. The quantitative estimate of drug-likeness (QED) is 0.515. The zero-order valence-corrected chi connectivity index (χ0v) is 15.7. The third-order valence-electron chi connectivity index (χ3n) is 4.28. The standard InChI is InChI=1S/C20H21F3N2O3/c1-12(2)10-14-4-6-15(7-5-14)13(3)19(26)24-16-8-9-18(25(27)28)17(11-16)20(21,22)23/h4-9,11-13H,10H2,1-3H3,(H,24,26). The van der Waals surface area contributed by atoms with E-state index < -0.39 is 34.2 Å². The van der Waals surface area contributed by atoms with E-state index in [-0.39, 0.29) is 5.69 Å². The molecule has 1 atom stereocenters. The minimum atomic E-state index is -4.90. The molecule has 0 spiro atoms. The number of halogens is 3. The van der Waals surface area contributed by atoms with E-state index in [1.165, 1.54) is 0 Å². The molecule has 0 aliphatic heterocycles. The highest BCUT2D eigenvalue weighted by molar-refractivity contribution is 5.95. The molecule has 0 fully saturated rings. The second-order valence-corrected chi connectivity index (χ2v) is 7.04. The summed E-state index contributed by atoms with van der Waals surface area (Å²) in [5, 5.41) is 13.2. The van der Waals surface area contributed by atoms with Crippen LogP contribution in [0.3, 0.4) is 0 Å². The molecule has 8 heteroatoms. The highest BCUT2D eigenvalue weighted by Crippen LogP contribution is 2.37. The Morgan fingerprint density at radius 1 is 1.11 bits per heavy atom. The highest BCUT2D eigenvalue weighted by Gasteiger charge is 2.38. The molecule has 0 bridgehead atoms. The number of nitrogens with one attached hydrogen (secondary N) is 1. The van der Waals surface area contributed by atoms with Gasteiger partial charge in [0.05, 0.1) is 10.8 Å². The number of benzene rings is 2. The monoisotopic (exact) mass is 394 g/mol. The van der Waals surface area contributed by atoms with Crippen molar-refractivity contribution >= 4 is 17.3 Å². The molecular formula is C20H21F3N2O3. The first-order valence-electron chi connectivity index (χ1n) is 8.74. The Bertz CT molecular complexity index is 862. The van der Waals surface area contributed by atoms with Gasteiger partial charge in [-0.15, -0.1) is 0 Å². The van der Waals surface area contributed by atoms with Gasteiger partial charge in [0.15, 0.2) is 0 Å². The fraction of sp³-hybridized carbons (Fsp3) is 0.350. The number of alkyl halides is 3. The molecule has 0 aromatic heterocycles. The van der Waals surface area contributed by atoms with E-state index in [1.54, 1.807) is 6.92 Å². The lowest BCUT2D eigenvalue weighted by molar-refractivity contribution is -0.388. The number of carbonyl (C=O) groups excluding carboxylic acids is 1. The Hall–Kier alpha value is -2.90. The number of amides is 1. The van der Waals surface area contributed by atoms with Crippen LogP contribution in [-0.4, -0.2) is 10.8 Å². The maximum Gasteiger partial charge on any atom is 0.423 e. The maximum absolute atomic E-state index is 13.1. The summed E-state index contributed by atoms with van der Waals surface area (Å²) in [6.45, 7) is 5.84. The fourth-order valence-electron chi connectivity index (χ4n) is 2.82. The van der Waals surface area contributed by atoms with Crippen LogP contribution >= 0.6 is 0 Å². The zero-order chi connectivity index (χ0) is 21.1. The number of hydrogen-bond acceptors (Lipinski definition) is 3. The molecule has 0 saturated carbocycles. The molecule has 2 rings (SSSR count). The lowest BCUT2D eigenvalue weighted by Crippen LogP contribution is -2.19. The van der Waals surface area contributed by atoms with Crippen LogP contribution in [0.2, 0.25) is 0 Å². The van der Waals surface area contributed by atoms with E-state index in [2.05, 4.69) is 19.2 Å². The first-order valence-corrected chi connectivity index (χ1v) is 8.74. The molecule has 0 saturated heterocycles. The molecular weight excluding hydrogens is 373 g/mol. The van der Waals surface area contributed by atoms with Gasteiger partial charge in [0, 0.05) is 11.8 Å². The number of nitrogens with zero attached hydrogens (tertiary/aromatic N) is 1. The van der Waals surface area contributed by atoms with Crippen molar-refractivity contribution in [2.45, 2.75) is 39.3 Å². The van der Waals surface area contributed by atoms with Crippen molar-refractivity contribution in [3.63, 3.8) is 0 Å². The number of nitro benzene ring substituents is 1. The number of anilines is 1. The largest absolute Gasteiger partial charge is 0.423 e. The Morgan fingerprint density at radius 3 is 2.21 bits per heavy atom. The molecule has 0 aliphatic rings. The lowest BCUT2D eigenvalue weighted by Gasteiger charge is -2.15. The molecule has 0 radical (unpaired) electrons. The first-order chi connectivity index (χ1) is 13.0. The van der Waals surface area contributed by atoms with Crippen LogP contribution < -0.4 is 5.32 Å². The van der Waals surface area contributed by atoms with Crippen LogP contribution in [0.15, 0.2) is 42.5 Å². The van der Waals surface area contributed by atoms with Crippen molar-refractivity contribution in [2.24, 2.45) is 5.92 Å². The average molecular weight is 394 g/mol. The molecule has 1 unspecified atom stereocenters. The SMILES string of the molecule is CC(C)Cc1ccc(C(C)C(=O)Nc2ccc([N+](=O)[O-])c(C(F)(F)F)c2)cc1. The molecule has 0 heterocycles. The van der Waals surface area contributed by atoms with E-state index in [0.29, 0.717) is 12.0 Å². The summed E-state index contributed by atoms with van der Waals surface area (Å²) in [7, 11) is 0. The molecule has 1 N–H and O–H groups in total. The molecule has 2 aromatic carbocycles. The van der Waals surface area contributed by atoms with Crippen LogP contribution in [0.1, 0.15) is 43.4 Å². The molecule has 5 nitrogen and oxygen atoms in total. The fourth-order valence-corrected chi connectivity index (χ4v) is 2.82. The van der Waals surface area contributed by atoms with Gasteiger partial charge in [-0.3, -0.25) is 14.9 Å². The highest BCUT2D eigenvalue weighted by atomic mass is 19.4. The van der Waals surface area contributed by atoms with Crippen molar-refractivity contribution in [3.8, 4) is 0 Å². The van der Waals surface area contributed by atoms with E-state index in [9.17, 15) is 28.1 Å². The van der Waals surface area contributed by atoms with Crippen LogP contribution in [0.4, 0.5) is 24.5 Å². The van der Waals surface area contributed by atoms with Gasteiger partial charge in [0.1, 0.15) is 5.56 Å². The van der Waals surface area contributed by atoms with E-state index in [0.717, 1.165) is 29.7 Å². The maximum atomic E-state index is 13.1. The summed E-state index contributed by atoms with van der Waals surface area (Å²) >= 11 is 0. The van der Waals surface area contributed by atoms with Gasteiger partial charge in [-0.25, -0.2) is 0 Å². The van der Waals surface area contributed by atoms with Crippen LogP contribution in [0.25, 0.3) is 0 Å². The molecule has 150 valence electrons. The molecule has 0 aliphatic carbocycles. The van der Waals surface area contributed by atoms with Crippen LogP contribution in [-0.2, 0) is 17.4 Å². The van der Waals surface area contributed by atoms with Gasteiger partial charge < -0.3 is 5.32 Å². The zero-order valence-electron chi connectivity index (χ0n) is 15.7. The predicted octanol–water partition coefficient (Wildman–Crippen LogP) is 5.55. The van der Waals surface area contributed by atoms with Crippen molar-refractivity contribution in [2.75, 3.05) is 5.32 Å². The second kappa shape index (κ2) is 8.41. The number of rotatable bonds is 6. The summed E-state index contributed by atoms with van der Waals surface area (Å²) in [5.74, 6) is -0.604. The summed E-state index contributed by atoms with van der Waals surface area (Å²) in [6.07, 6.45) is -4.00. The van der Waals surface area contributed by atoms with Gasteiger partial charge >= 0.3 is 6.18 Å². The number of carbonyl (C=O) groups is 1. The Balaban J connectivity index is 2.18. The van der Waals surface area contributed by atoms with Gasteiger partial charge in [0.2, 0.25) is 5.91 Å². The summed E-state index contributed by atoms with van der Waals surface area (Å²) in [6, 6.07) is 9.89. The van der Waals surface area contributed by atoms with Gasteiger partial charge in [0.25, 0.3) is 5.69 Å². The van der Waals surface area contributed by atoms with Crippen molar-refractivity contribution in [3.05, 3.63) is 69.3 Å². The third kappa shape index (κ3) is 5.31. The molecule has 2 aromatic rings. The van der Waals surface area contributed by atoms with Crippen molar-refractivity contribution < 1.29 is 22.9 Å². The Kier molecular flexibility index (Phi) is 6.43. The number of hydrogen-bond donors (Lipinski definition) is 1. The van der Waals surface area contributed by atoms with Gasteiger partial charge in [-0.05, 0) is 42.5 Å². The smallest absolute Gasteiger partial charge is 0.326 e. The third-order valence-corrected chi connectivity index (χ3v) is 4.28. The Labute approximate surface area is 160 Å². The lowest BCUT2D eigenvalue weighted by atomic mass is 9.96.